The maximum atomic E-state index is 12.2. The molecule has 0 N–H and O–H groups in total. The summed E-state index contributed by atoms with van der Waals surface area (Å²) in [6.07, 6.45) is -0.0182. The maximum absolute atomic E-state index is 12.2. The summed E-state index contributed by atoms with van der Waals surface area (Å²) in [5, 5.41) is 0.0856. The number of rotatable bonds is 11. The Morgan fingerprint density at radius 1 is 1.14 bits per heavy atom. The zero-order valence-corrected chi connectivity index (χ0v) is 20.6. The third-order valence-electron chi connectivity index (χ3n) is 5.58. The normalized spacial score (nSPS) is 14.5. The van der Waals surface area contributed by atoms with Gasteiger partial charge in [0.25, 0.3) is 0 Å². The Morgan fingerprint density at radius 3 is 2.21 bits per heavy atom. The van der Waals surface area contributed by atoms with Crippen LogP contribution in [-0.4, -0.2) is 33.1 Å². The predicted octanol–water partition coefficient (Wildman–Crippen LogP) is 6.13. The van der Waals surface area contributed by atoms with Crippen LogP contribution < -0.4 is 0 Å². The van der Waals surface area contributed by atoms with Crippen molar-refractivity contribution in [2.75, 3.05) is 6.61 Å². The van der Waals surface area contributed by atoms with Gasteiger partial charge in [0.15, 0.2) is 8.32 Å². The van der Waals surface area contributed by atoms with Crippen LogP contribution in [0.4, 0.5) is 0 Å². The van der Waals surface area contributed by atoms with Crippen molar-refractivity contribution in [3.63, 3.8) is 0 Å². The molecule has 0 radical (unpaired) electrons. The van der Waals surface area contributed by atoms with Crippen molar-refractivity contribution in [2.45, 2.75) is 84.9 Å². The number of carbonyl (C=O) groups is 1. The lowest BCUT2D eigenvalue weighted by Crippen LogP contribution is -2.49. The van der Waals surface area contributed by atoms with E-state index in [1.807, 2.05) is 30.3 Å². The molecule has 0 saturated heterocycles. The minimum absolute atomic E-state index is 0.0856. The van der Waals surface area contributed by atoms with Crippen molar-refractivity contribution in [3.05, 3.63) is 48.0 Å². The summed E-state index contributed by atoms with van der Waals surface area (Å²) < 4.78 is 18.2. The molecule has 0 heterocycles. The van der Waals surface area contributed by atoms with E-state index in [1.54, 1.807) is 6.92 Å². The zero-order chi connectivity index (χ0) is 22.2. The van der Waals surface area contributed by atoms with Crippen LogP contribution in [0.25, 0.3) is 0 Å². The van der Waals surface area contributed by atoms with Crippen LogP contribution in [0, 0.1) is 5.92 Å². The largest absolute Gasteiger partial charge is 0.463 e. The van der Waals surface area contributed by atoms with Gasteiger partial charge in [0.2, 0.25) is 0 Å². The van der Waals surface area contributed by atoms with Crippen LogP contribution in [0.3, 0.4) is 0 Å². The molecule has 29 heavy (non-hydrogen) atoms. The molecule has 0 aromatic heterocycles. The summed E-state index contributed by atoms with van der Waals surface area (Å²) >= 11 is 0. The molecule has 1 aromatic rings. The topological polar surface area (TPSA) is 44.8 Å². The van der Waals surface area contributed by atoms with Crippen molar-refractivity contribution >= 4 is 14.3 Å². The number of hydrogen-bond donors (Lipinski definition) is 0. The molecule has 0 spiro atoms. The second-order valence-electron chi connectivity index (χ2n) is 9.45. The van der Waals surface area contributed by atoms with E-state index >= 15 is 0 Å². The average Bonchev–Trinajstić information content (AvgIpc) is 2.63. The minimum Gasteiger partial charge on any atom is -0.463 e. The Hall–Kier alpha value is -1.43. The van der Waals surface area contributed by atoms with Gasteiger partial charge in [0.05, 0.1) is 25.4 Å². The van der Waals surface area contributed by atoms with Gasteiger partial charge in [0, 0.05) is 12.0 Å². The predicted molar refractivity (Wildman–Crippen MR) is 122 cm³/mol. The quantitative estimate of drug-likeness (QED) is 0.245. The van der Waals surface area contributed by atoms with E-state index in [1.165, 1.54) is 0 Å². The van der Waals surface area contributed by atoms with Gasteiger partial charge in [-0.05, 0) is 36.5 Å². The highest BCUT2D eigenvalue weighted by Gasteiger charge is 2.42. The Kier molecular flexibility index (Phi) is 9.79. The molecule has 0 bridgehead atoms. The Labute approximate surface area is 178 Å². The molecule has 2 atom stereocenters. The number of benzene rings is 1. The summed E-state index contributed by atoms with van der Waals surface area (Å²) in [6.45, 7) is 22.0. The fraction of sp³-hybridized carbons (Fsp3) is 0.625. The van der Waals surface area contributed by atoms with Gasteiger partial charge >= 0.3 is 5.97 Å². The van der Waals surface area contributed by atoms with Gasteiger partial charge < -0.3 is 13.9 Å². The van der Waals surface area contributed by atoms with E-state index in [2.05, 4.69) is 54.3 Å². The van der Waals surface area contributed by atoms with Crippen molar-refractivity contribution in [1.82, 2.24) is 0 Å². The van der Waals surface area contributed by atoms with Crippen molar-refractivity contribution in [1.29, 1.82) is 0 Å². The maximum Gasteiger partial charge on any atom is 0.333 e. The molecular formula is C24H40O4Si. The Morgan fingerprint density at radius 2 is 1.72 bits per heavy atom. The van der Waals surface area contributed by atoms with Crippen LogP contribution >= 0.6 is 0 Å². The lowest BCUT2D eigenvalue weighted by atomic mass is 9.96. The summed E-state index contributed by atoms with van der Waals surface area (Å²) in [6, 6.07) is 10.1. The van der Waals surface area contributed by atoms with Gasteiger partial charge in [-0.1, -0.05) is 71.5 Å². The molecule has 1 aromatic carbocycles. The highest BCUT2D eigenvalue weighted by molar-refractivity contribution is 6.74. The zero-order valence-electron chi connectivity index (χ0n) is 19.6. The van der Waals surface area contributed by atoms with E-state index < -0.39 is 8.32 Å². The molecule has 1 rings (SSSR count). The minimum atomic E-state index is -2.02. The molecule has 0 aliphatic carbocycles. The number of esters is 1. The van der Waals surface area contributed by atoms with Crippen molar-refractivity contribution in [3.8, 4) is 0 Å². The Balaban J connectivity index is 3.08. The Bertz CT molecular complexity index is 647. The SMILES string of the molecule is C=C(C[C@@H](OCc1ccccc1)[C@H](O[Si](C)(C)C(C)(C)C)C(C)C)C(=O)OCC. The van der Waals surface area contributed by atoms with Gasteiger partial charge in [-0.25, -0.2) is 4.79 Å². The van der Waals surface area contributed by atoms with Crippen LogP contribution in [-0.2, 0) is 25.3 Å². The average molecular weight is 421 g/mol. The van der Waals surface area contributed by atoms with Gasteiger partial charge in [-0.2, -0.15) is 0 Å². The van der Waals surface area contributed by atoms with Crippen LogP contribution in [0.15, 0.2) is 42.5 Å². The van der Waals surface area contributed by atoms with E-state index in [4.69, 9.17) is 13.9 Å². The summed E-state index contributed by atoms with van der Waals surface area (Å²) in [4.78, 5) is 12.2. The molecule has 5 heteroatoms. The summed E-state index contributed by atoms with van der Waals surface area (Å²) in [5.74, 6) is -0.129. The van der Waals surface area contributed by atoms with E-state index in [-0.39, 0.29) is 29.1 Å². The smallest absolute Gasteiger partial charge is 0.333 e. The molecule has 0 saturated carbocycles. The first-order valence-electron chi connectivity index (χ1n) is 10.6. The van der Waals surface area contributed by atoms with Gasteiger partial charge in [-0.15, -0.1) is 0 Å². The number of ether oxygens (including phenoxy) is 2. The van der Waals surface area contributed by atoms with E-state index in [0.717, 1.165) is 5.56 Å². The van der Waals surface area contributed by atoms with E-state index in [0.29, 0.717) is 25.2 Å². The molecule has 0 fully saturated rings. The molecule has 0 aliphatic rings. The summed E-state index contributed by atoms with van der Waals surface area (Å²) in [7, 11) is -2.02. The van der Waals surface area contributed by atoms with Gasteiger partial charge in [-0.3, -0.25) is 0 Å². The molecule has 0 aliphatic heterocycles. The second-order valence-corrected chi connectivity index (χ2v) is 14.2. The first kappa shape index (κ1) is 25.6. The number of hydrogen-bond acceptors (Lipinski definition) is 4. The third-order valence-corrected chi connectivity index (χ3v) is 10.1. The summed E-state index contributed by atoms with van der Waals surface area (Å²) in [5.41, 5.74) is 1.52. The monoisotopic (exact) mass is 420 g/mol. The molecular weight excluding hydrogens is 380 g/mol. The molecule has 0 amide bonds. The molecule has 164 valence electrons. The fourth-order valence-electron chi connectivity index (χ4n) is 2.77. The molecule has 4 nitrogen and oxygen atoms in total. The standard InChI is InChI=1S/C24H40O4Si/c1-10-26-23(25)19(4)16-21(27-17-20-14-12-11-13-15-20)22(18(2)3)28-29(8,9)24(5,6)7/h11-15,18,21-22H,4,10,16-17H2,1-3,5-9H3/t21-,22-/m1/s1. The third kappa shape index (κ3) is 8.07. The van der Waals surface area contributed by atoms with Gasteiger partial charge in [0.1, 0.15) is 0 Å². The van der Waals surface area contributed by atoms with E-state index in [9.17, 15) is 4.79 Å². The lowest BCUT2D eigenvalue weighted by molar-refractivity contribution is -0.139. The first-order chi connectivity index (χ1) is 13.4. The second kappa shape index (κ2) is 11.1. The number of carbonyl (C=O) groups excluding carboxylic acids is 1. The highest BCUT2D eigenvalue weighted by atomic mass is 28.4. The van der Waals surface area contributed by atoms with Crippen molar-refractivity contribution in [2.24, 2.45) is 5.92 Å². The van der Waals surface area contributed by atoms with Crippen LogP contribution in [0.2, 0.25) is 18.1 Å². The fourth-order valence-corrected chi connectivity index (χ4v) is 4.22. The molecule has 0 unspecified atom stereocenters. The first-order valence-corrected chi connectivity index (χ1v) is 13.5. The van der Waals surface area contributed by atoms with Crippen molar-refractivity contribution < 1.29 is 18.7 Å². The lowest BCUT2D eigenvalue weighted by Gasteiger charge is -2.43. The highest BCUT2D eigenvalue weighted by Crippen LogP contribution is 2.39. The van der Waals surface area contributed by atoms with Crippen LogP contribution in [0.1, 0.15) is 53.5 Å². The van der Waals surface area contributed by atoms with Crippen LogP contribution in [0.5, 0.6) is 0 Å².